The van der Waals surface area contributed by atoms with E-state index in [0.717, 1.165) is 11.1 Å². The second-order valence-electron chi connectivity index (χ2n) is 5.89. The van der Waals surface area contributed by atoms with Gasteiger partial charge < -0.3 is 10.5 Å². The Balaban J connectivity index is 1.99. The largest absolute Gasteiger partial charge is 0.466 e. The van der Waals surface area contributed by atoms with Crippen molar-refractivity contribution in [2.75, 3.05) is 6.61 Å². The van der Waals surface area contributed by atoms with Gasteiger partial charge in [-0.3, -0.25) is 9.59 Å². The normalized spacial score (nSPS) is 19.3. The molecule has 1 aromatic rings. The van der Waals surface area contributed by atoms with E-state index in [0.29, 0.717) is 49.0 Å². The van der Waals surface area contributed by atoms with Crippen LogP contribution in [0.3, 0.4) is 0 Å². The first kappa shape index (κ1) is 16.2. The Morgan fingerprint density at radius 3 is 2.87 bits per heavy atom. The van der Waals surface area contributed by atoms with E-state index >= 15 is 0 Å². The molecule has 2 N–H and O–H groups in total. The third-order valence-electron chi connectivity index (χ3n) is 4.57. The van der Waals surface area contributed by atoms with Crippen molar-refractivity contribution >= 4 is 33.4 Å². The van der Waals surface area contributed by atoms with Gasteiger partial charge in [-0.05, 0) is 65.7 Å². The molecule has 4 nitrogen and oxygen atoms in total. The zero-order chi connectivity index (χ0) is 16.7. The summed E-state index contributed by atoms with van der Waals surface area (Å²) in [4.78, 5) is 23.6. The van der Waals surface area contributed by atoms with Crippen LogP contribution in [0.25, 0.3) is 5.57 Å². The summed E-state index contributed by atoms with van der Waals surface area (Å²) in [6, 6.07) is 1.44. The van der Waals surface area contributed by atoms with Crippen molar-refractivity contribution in [3.8, 4) is 0 Å². The number of nitrogens with two attached hydrogens (primary N) is 1. The standard InChI is InChI=1S/C17H17BrFNO3/c1-2-23-17(22)8-3-4-10-9(5-8)6-11-12(16(20)21)7-13(18)15(19)14(10)11/h7-8H,2-6H2,1H3,(H2,20,21). The minimum absolute atomic E-state index is 0.188. The van der Waals surface area contributed by atoms with Gasteiger partial charge >= 0.3 is 5.97 Å². The predicted molar refractivity (Wildman–Crippen MR) is 87.2 cm³/mol. The van der Waals surface area contributed by atoms with Gasteiger partial charge in [-0.25, -0.2) is 4.39 Å². The van der Waals surface area contributed by atoms with E-state index in [-0.39, 0.29) is 22.2 Å². The summed E-state index contributed by atoms with van der Waals surface area (Å²) in [5.41, 5.74) is 8.85. The molecule has 1 amide bonds. The molecule has 0 spiro atoms. The summed E-state index contributed by atoms with van der Waals surface area (Å²) < 4.78 is 19.9. The molecular formula is C17H17BrFNO3. The molecule has 0 heterocycles. The molecule has 0 fully saturated rings. The number of allylic oxidation sites excluding steroid dienone is 2. The second-order valence-corrected chi connectivity index (χ2v) is 6.74. The molecule has 1 aromatic carbocycles. The maximum absolute atomic E-state index is 14.6. The third-order valence-corrected chi connectivity index (χ3v) is 5.14. The van der Waals surface area contributed by atoms with E-state index in [9.17, 15) is 14.0 Å². The highest BCUT2D eigenvalue weighted by molar-refractivity contribution is 9.10. The number of carbonyl (C=O) groups excluding carboxylic acids is 2. The number of carbonyl (C=O) groups is 2. The molecule has 1 unspecified atom stereocenters. The van der Waals surface area contributed by atoms with Crippen LogP contribution in [0.15, 0.2) is 16.1 Å². The van der Waals surface area contributed by atoms with E-state index < -0.39 is 5.91 Å². The first-order valence-electron chi connectivity index (χ1n) is 7.62. The summed E-state index contributed by atoms with van der Waals surface area (Å²) in [7, 11) is 0. The molecule has 2 aliphatic rings. The molecule has 0 saturated heterocycles. The summed E-state index contributed by atoms with van der Waals surface area (Å²) >= 11 is 3.16. The predicted octanol–water partition coefficient (Wildman–Crippen LogP) is 3.36. The van der Waals surface area contributed by atoms with Gasteiger partial charge in [-0.2, -0.15) is 0 Å². The summed E-state index contributed by atoms with van der Waals surface area (Å²) in [5, 5.41) is 0. The van der Waals surface area contributed by atoms with Crippen molar-refractivity contribution in [2.24, 2.45) is 11.7 Å². The molecule has 6 heteroatoms. The first-order valence-corrected chi connectivity index (χ1v) is 8.41. The Morgan fingerprint density at radius 1 is 1.48 bits per heavy atom. The van der Waals surface area contributed by atoms with Crippen molar-refractivity contribution in [3.05, 3.63) is 38.6 Å². The fourth-order valence-electron chi connectivity index (χ4n) is 3.56. The lowest BCUT2D eigenvalue weighted by atomic mass is 9.84. The lowest BCUT2D eigenvalue weighted by Crippen LogP contribution is -2.21. The molecule has 0 saturated carbocycles. The van der Waals surface area contributed by atoms with E-state index in [1.165, 1.54) is 6.07 Å². The van der Waals surface area contributed by atoms with Crippen molar-refractivity contribution in [3.63, 3.8) is 0 Å². The van der Waals surface area contributed by atoms with Crippen LogP contribution in [0.2, 0.25) is 0 Å². The molecule has 122 valence electrons. The van der Waals surface area contributed by atoms with Crippen LogP contribution in [0.1, 0.15) is 47.7 Å². The molecule has 1 atom stereocenters. The van der Waals surface area contributed by atoms with Crippen LogP contribution >= 0.6 is 15.9 Å². The van der Waals surface area contributed by atoms with Gasteiger partial charge in [0.1, 0.15) is 5.82 Å². The number of benzene rings is 1. The van der Waals surface area contributed by atoms with Crippen molar-refractivity contribution in [1.29, 1.82) is 0 Å². The van der Waals surface area contributed by atoms with Gasteiger partial charge in [0.25, 0.3) is 0 Å². The molecule has 2 aliphatic carbocycles. The Labute approximate surface area is 142 Å². The van der Waals surface area contributed by atoms with E-state index in [1.807, 2.05) is 0 Å². The minimum atomic E-state index is -0.566. The smallest absolute Gasteiger partial charge is 0.309 e. The van der Waals surface area contributed by atoms with Crippen molar-refractivity contribution in [1.82, 2.24) is 0 Å². The Morgan fingerprint density at radius 2 is 2.22 bits per heavy atom. The third kappa shape index (κ3) is 2.69. The number of fused-ring (bicyclic) bond motifs is 2. The monoisotopic (exact) mass is 381 g/mol. The average molecular weight is 382 g/mol. The van der Waals surface area contributed by atoms with Gasteiger partial charge in [0.05, 0.1) is 17.0 Å². The van der Waals surface area contributed by atoms with Crippen LogP contribution in [0.4, 0.5) is 4.39 Å². The average Bonchev–Trinajstić information content (AvgIpc) is 2.89. The fourth-order valence-corrected chi connectivity index (χ4v) is 3.98. The number of esters is 1. The maximum atomic E-state index is 14.6. The number of hydrogen-bond donors (Lipinski definition) is 1. The fraction of sp³-hybridized carbons (Fsp3) is 0.412. The summed E-state index contributed by atoms with van der Waals surface area (Å²) in [6.45, 7) is 2.14. The first-order chi connectivity index (χ1) is 10.9. The number of ether oxygens (including phenoxy) is 1. The molecule has 0 bridgehead atoms. The van der Waals surface area contributed by atoms with E-state index in [2.05, 4.69) is 15.9 Å². The minimum Gasteiger partial charge on any atom is -0.466 e. The highest BCUT2D eigenvalue weighted by atomic mass is 79.9. The lowest BCUT2D eigenvalue weighted by molar-refractivity contribution is -0.148. The zero-order valence-electron chi connectivity index (χ0n) is 12.7. The van der Waals surface area contributed by atoms with Crippen LogP contribution in [-0.4, -0.2) is 18.5 Å². The molecular weight excluding hydrogens is 365 g/mol. The van der Waals surface area contributed by atoms with Crippen molar-refractivity contribution < 1.29 is 18.7 Å². The van der Waals surface area contributed by atoms with E-state index in [1.54, 1.807) is 6.92 Å². The van der Waals surface area contributed by atoms with Gasteiger partial charge in [-0.1, -0.05) is 5.57 Å². The Bertz CT molecular complexity index is 742. The van der Waals surface area contributed by atoms with Crippen LogP contribution in [0.5, 0.6) is 0 Å². The van der Waals surface area contributed by atoms with Gasteiger partial charge in [0.15, 0.2) is 0 Å². The van der Waals surface area contributed by atoms with Gasteiger partial charge in [0, 0.05) is 11.1 Å². The van der Waals surface area contributed by atoms with Crippen LogP contribution in [-0.2, 0) is 16.0 Å². The van der Waals surface area contributed by atoms with E-state index in [4.69, 9.17) is 10.5 Å². The molecule has 0 radical (unpaired) electrons. The molecule has 23 heavy (non-hydrogen) atoms. The quantitative estimate of drug-likeness (QED) is 0.816. The SMILES string of the molecule is CCOC(=O)C1CCC2=C(Cc3c(C(N)=O)cc(Br)c(F)c32)C1. The number of halogens is 2. The lowest BCUT2D eigenvalue weighted by Gasteiger charge is -2.22. The number of amides is 1. The molecule has 0 aliphatic heterocycles. The molecule has 0 aromatic heterocycles. The maximum Gasteiger partial charge on any atom is 0.309 e. The van der Waals surface area contributed by atoms with Gasteiger partial charge in [-0.15, -0.1) is 0 Å². The molecule has 3 rings (SSSR count). The van der Waals surface area contributed by atoms with Gasteiger partial charge in [0.2, 0.25) is 5.91 Å². The summed E-state index contributed by atoms with van der Waals surface area (Å²) in [5.74, 6) is -1.31. The van der Waals surface area contributed by atoms with Crippen LogP contribution < -0.4 is 5.73 Å². The highest BCUT2D eigenvalue weighted by Crippen LogP contribution is 2.47. The number of primary amides is 1. The Hall–Kier alpha value is -1.69. The zero-order valence-corrected chi connectivity index (χ0v) is 14.3. The highest BCUT2D eigenvalue weighted by Gasteiger charge is 2.35. The Kier molecular flexibility index (Phi) is 4.27. The van der Waals surface area contributed by atoms with Crippen molar-refractivity contribution in [2.45, 2.75) is 32.6 Å². The second kappa shape index (κ2) is 6.07. The van der Waals surface area contributed by atoms with Crippen LogP contribution in [0, 0.1) is 11.7 Å². The number of rotatable bonds is 3. The summed E-state index contributed by atoms with van der Waals surface area (Å²) in [6.07, 6.45) is 2.27. The topological polar surface area (TPSA) is 69.4 Å². The number of hydrogen-bond acceptors (Lipinski definition) is 3.